The molecule has 1 unspecified atom stereocenters. The molecule has 42 heavy (non-hydrogen) atoms. The Hall–Kier alpha value is -3.92. The van der Waals surface area contributed by atoms with Crippen LogP contribution in [0, 0.1) is 0 Å². The number of carbonyl (C=O) groups is 3. The molecule has 0 bridgehead atoms. The molecule has 3 atom stereocenters. The van der Waals surface area contributed by atoms with E-state index in [1.807, 2.05) is 60.7 Å². The van der Waals surface area contributed by atoms with Crippen LogP contribution in [0.5, 0.6) is 0 Å². The summed E-state index contributed by atoms with van der Waals surface area (Å²) in [5.74, 6) is -0.971. The maximum atomic E-state index is 14.5. The zero-order valence-electron chi connectivity index (χ0n) is 24.3. The number of aryl methyl sites for hydroxylation is 1. The minimum absolute atomic E-state index is 0.0422. The van der Waals surface area contributed by atoms with Crippen LogP contribution in [0.4, 0.5) is 9.93 Å². The van der Waals surface area contributed by atoms with Gasteiger partial charge >= 0.3 is 6.09 Å². The fourth-order valence-electron chi connectivity index (χ4n) is 5.92. The molecule has 2 aromatic carbocycles. The van der Waals surface area contributed by atoms with Crippen LogP contribution in [-0.4, -0.2) is 58.1 Å². The number of ether oxygens (including phenoxy) is 1. The zero-order chi connectivity index (χ0) is 29.9. The Labute approximate surface area is 250 Å². The number of nitrogens with two attached hydrogens (primary N) is 1. The van der Waals surface area contributed by atoms with E-state index in [4.69, 9.17) is 10.5 Å². The van der Waals surface area contributed by atoms with Crippen molar-refractivity contribution in [2.45, 2.75) is 82.5 Å². The molecule has 0 spiro atoms. The number of rotatable bonds is 7. The molecule has 10 heteroatoms. The Morgan fingerprint density at radius 3 is 2.29 bits per heavy atom. The van der Waals surface area contributed by atoms with E-state index in [1.165, 1.54) is 11.3 Å². The summed E-state index contributed by atoms with van der Waals surface area (Å²) in [5.41, 5.74) is 7.92. The maximum absolute atomic E-state index is 14.5. The summed E-state index contributed by atoms with van der Waals surface area (Å²) < 4.78 is 5.60. The molecular weight excluding hydrogens is 550 g/mol. The number of benzene rings is 2. The Kier molecular flexibility index (Phi) is 8.82. The number of fused-ring (bicyclic) bond motifs is 1. The zero-order valence-corrected chi connectivity index (χ0v) is 25.2. The summed E-state index contributed by atoms with van der Waals surface area (Å²) in [5, 5.41) is 6.64. The van der Waals surface area contributed by atoms with Gasteiger partial charge in [0.1, 0.15) is 17.7 Å². The van der Waals surface area contributed by atoms with Gasteiger partial charge in [0.2, 0.25) is 11.8 Å². The number of thiazole rings is 1. The number of aromatic nitrogens is 1. The van der Waals surface area contributed by atoms with Crippen molar-refractivity contribution in [3.8, 4) is 0 Å². The number of anilines is 1. The Morgan fingerprint density at radius 2 is 1.67 bits per heavy atom. The molecule has 1 aromatic heterocycles. The average Bonchev–Trinajstić information content (AvgIpc) is 3.58. The van der Waals surface area contributed by atoms with Crippen molar-refractivity contribution in [1.82, 2.24) is 20.5 Å². The summed E-state index contributed by atoms with van der Waals surface area (Å²) in [7, 11) is 0. The topological polar surface area (TPSA) is 127 Å². The molecule has 5 rings (SSSR count). The summed E-state index contributed by atoms with van der Waals surface area (Å²) in [4.78, 5) is 48.4. The van der Waals surface area contributed by atoms with E-state index in [1.54, 1.807) is 25.7 Å². The van der Waals surface area contributed by atoms with E-state index in [9.17, 15) is 14.4 Å². The van der Waals surface area contributed by atoms with Gasteiger partial charge in [-0.05, 0) is 57.6 Å². The first kappa shape index (κ1) is 29.6. The third kappa shape index (κ3) is 6.92. The van der Waals surface area contributed by atoms with E-state index >= 15 is 0 Å². The van der Waals surface area contributed by atoms with Crippen molar-refractivity contribution >= 4 is 34.4 Å². The molecule has 4 N–H and O–H groups in total. The molecule has 1 fully saturated rings. The lowest BCUT2D eigenvalue weighted by Gasteiger charge is -2.34. The summed E-state index contributed by atoms with van der Waals surface area (Å²) >= 11 is 1.47. The number of alkyl carbamates (subject to hydrolysis) is 1. The highest BCUT2D eigenvalue weighted by Gasteiger charge is 2.42. The normalized spacial score (nSPS) is 19.2. The lowest BCUT2D eigenvalue weighted by molar-refractivity contribution is -0.140. The van der Waals surface area contributed by atoms with Crippen molar-refractivity contribution in [2.24, 2.45) is 0 Å². The van der Waals surface area contributed by atoms with Crippen molar-refractivity contribution in [3.63, 3.8) is 0 Å². The standard InChI is InChI=1S/C32H39N5O4S/c1-32(2,3)41-31(40)36-27(26(20-11-6-4-7-12-20)21-13-8-5-9-14-21)29(39)37-18-10-15-24(37)28(38)34-22-16-17-23-25(19-22)42-30(33)35-23/h4-9,11-14,22,24,26-27H,10,15-19H2,1-3H3,(H2,33,35)(H,34,38)(H,36,40)/t22?,24-,27+/m0/s1. The second-order valence-corrected chi connectivity index (χ2v) is 13.1. The molecule has 9 nitrogen and oxygen atoms in total. The van der Waals surface area contributed by atoms with Gasteiger partial charge in [0.25, 0.3) is 0 Å². The van der Waals surface area contributed by atoms with Crippen LogP contribution in [-0.2, 0) is 27.2 Å². The second kappa shape index (κ2) is 12.5. The van der Waals surface area contributed by atoms with Gasteiger partial charge < -0.3 is 26.0 Å². The lowest BCUT2D eigenvalue weighted by atomic mass is 9.84. The first-order chi connectivity index (χ1) is 20.1. The molecule has 0 radical (unpaired) electrons. The third-order valence-electron chi connectivity index (χ3n) is 7.73. The van der Waals surface area contributed by atoms with Gasteiger partial charge in [0.15, 0.2) is 5.13 Å². The van der Waals surface area contributed by atoms with Gasteiger partial charge in [0, 0.05) is 29.8 Å². The second-order valence-electron chi connectivity index (χ2n) is 12.0. The van der Waals surface area contributed by atoms with Gasteiger partial charge in [-0.2, -0.15) is 0 Å². The smallest absolute Gasteiger partial charge is 0.408 e. The number of hydrogen-bond acceptors (Lipinski definition) is 7. The van der Waals surface area contributed by atoms with Crippen molar-refractivity contribution in [2.75, 3.05) is 12.3 Å². The molecule has 1 aliphatic carbocycles. The van der Waals surface area contributed by atoms with E-state index in [0.29, 0.717) is 30.9 Å². The highest BCUT2D eigenvalue weighted by molar-refractivity contribution is 7.15. The first-order valence-electron chi connectivity index (χ1n) is 14.5. The summed E-state index contributed by atoms with van der Waals surface area (Å²) in [6.07, 6.45) is 2.80. The van der Waals surface area contributed by atoms with Gasteiger partial charge in [-0.3, -0.25) is 9.59 Å². The maximum Gasteiger partial charge on any atom is 0.408 e. The molecular formula is C32H39N5O4S. The SMILES string of the molecule is CC(C)(C)OC(=O)N[C@@H](C(=O)N1CCC[C@H]1C(=O)NC1CCc2nc(N)sc2C1)C(c1ccccc1)c1ccccc1. The van der Waals surface area contributed by atoms with Crippen LogP contribution < -0.4 is 16.4 Å². The van der Waals surface area contributed by atoms with E-state index in [0.717, 1.165) is 34.5 Å². The van der Waals surface area contributed by atoms with Gasteiger partial charge in [-0.15, -0.1) is 11.3 Å². The Morgan fingerprint density at radius 1 is 1.02 bits per heavy atom. The predicted molar refractivity (Wildman–Crippen MR) is 163 cm³/mol. The number of nitrogen functional groups attached to an aromatic ring is 1. The van der Waals surface area contributed by atoms with Gasteiger partial charge in [0.05, 0.1) is 5.69 Å². The van der Waals surface area contributed by atoms with E-state index in [-0.39, 0.29) is 17.9 Å². The number of likely N-dealkylation sites (tertiary alicyclic amines) is 1. The first-order valence-corrected chi connectivity index (χ1v) is 15.3. The van der Waals surface area contributed by atoms with Crippen molar-refractivity contribution in [1.29, 1.82) is 0 Å². The van der Waals surface area contributed by atoms with Crippen LogP contribution in [0.25, 0.3) is 0 Å². The largest absolute Gasteiger partial charge is 0.444 e. The lowest BCUT2D eigenvalue weighted by Crippen LogP contribution is -2.57. The van der Waals surface area contributed by atoms with E-state index in [2.05, 4.69) is 15.6 Å². The fraction of sp³-hybridized carbons (Fsp3) is 0.438. The van der Waals surface area contributed by atoms with Gasteiger partial charge in [-0.1, -0.05) is 60.7 Å². The number of amides is 3. The minimum Gasteiger partial charge on any atom is -0.444 e. The highest BCUT2D eigenvalue weighted by Crippen LogP contribution is 2.32. The van der Waals surface area contributed by atoms with Crippen LogP contribution in [0.15, 0.2) is 60.7 Å². The van der Waals surface area contributed by atoms with Gasteiger partial charge in [-0.25, -0.2) is 9.78 Å². The molecule has 1 aliphatic heterocycles. The molecule has 2 aliphatic rings. The average molecular weight is 590 g/mol. The number of carbonyl (C=O) groups excluding carboxylic acids is 3. The minimum atomic E-state index is -0.990. The summed E-state index contributed by atoms with van der Waals surface area (Å²) in [6.45, 7) is 5.78. The van der Waals surface area contributed by atoms with Crippen LogP contribution >= 0.6 is 11.3 Å². The monoisotopic (exact) mass is 589 g/mol. The molecule has 0 saturated carbocycles. The third-order valence-corrected chi connectivity index (χ3v) is 8.68. The molecule has 222 valence electrons. The summed E-state index contributed by atoms with van der Waals surface area (Å²) in [6, 6.07) is 17.6. The van der Waals surface area contributed by atoms with Crippen LogP contribution in [0.2, 0.25) is 0 Å². The molecule has 3 aromatic rings. The Bertz CT molecular complexity index is 1370. The number of nitrogens with zero attached hydrogens (tertiary/aromatic N) is 2. The number of hydrogen-bond donors (Lipinski definition) is 3. The van der Waals surface area contributed by atoms with Crippen molar-refractivity contribution < 1.29 is 19.1 Å². The quantitative estimate of drug-likeness (QED) is 0.375. The molecule has 1 saturated heterocycles. The van der Waals surface area contributed by atoms with E-state index < -0.39 is 29.7 Å². The fourth-order valence-corrected chi connectivity index (χ4v) is 6.88. The number of nitrogens with one attached hydrogen (secondary N) is 2. The highest BCUT2D eigenvalue weighted by atomic mass is 32.1. The van der Waals surface area contributed by atoms with Crippen LogP contribution in [0.1, 0.15) is 67.6 Å². The Balaban J connectivity index is 1.41. The van der Waals surface area contributed by atoms with Crippen LogP contribution in [0.3, 0.4) is 0 Å². The van der Waals surface area contributed by atoms with Crippen molar-refractivity contribution in [3.05, 3.63) is 82.4 Å². The predicted octanol–water partition coefficient (Wildman–Crippen LogP) is 4.42. The molecule has 2 heterocycles. The molecule has 3 amide bonds.